The lowest BCUT2D eigenvalue weighted by Crippen LogP contribution is -2.13. The Kier molecular flexibility index (Phi) is 5.27. The van der Waals surface area contributed by atoms with Crippen molar-refractivity contribution in [3.8, 4) is 0 Å². The third-order valence-corrected chi connectivity index (χ3v) is 4.51. The first kappa shape index (κ1) is 19.0. The Bertz CT molecular complexity index is 1030. The highest BCUT2D eigenvalue weighted by atomic mass is 35.5. The molecule has 0 spiro atoms. The number of alkyl halides is 2. The first-order valence-corrected chi connectivity index (χ1v) is 8.50. The zero-order valence-electron chi connectivity index (χ0n) is 14.9. The Morgan fingerprint density at radius 3 is 2.67 bits per heavy atom. The van der Waals surface area contributed by atoms with E-state index in [1.54, 1.807) is 38.2 Å². The first-order valence-electron chi connectivity index (χ1n) is 8.12. The molecule has 9 heteroatoms. The Morgan fingerprint density at radius 2 is 2.04 bits per heavy atom. The molecule has 1 atom stereocenters. The van der Waals surface area contributed by atoms with Crippen LogP contribution in [-0.4, -0.2) is 25.3 Å². The third-order valence-electron chi connectivity index (χ3n) is 4.06. The van der Waals surface area contributed by atoms with Crippen LogP contribution in [0, 0.1) is 6.92 Å². The molecule has 1 unspecified atom stereocenters. The number of nitrogens with zero attached hydrogens (tertiary/aromatic N) is 4. The SMILES string of the molecule is Cc1nn(C)c(Cl)c1/C=C/C(=O)OC(C)c1nc2ccccc2n1C(F)F. The summed E-state index contributed by atoms with van der Waals surface area (Å²) < 4.78 is 34.5. The van der Waals surface area contributed by atoms with Gasteiger partial charge in [-0.25, -0.2) is 9.78 Å². The third kappa shape index (κ3) is 3.71. The summed E-state index contributed by atoms with van der Waals surface area (Å²) in [7, 11) is 1.68. The number of hydrogen-bond donors (Lipinski definition) is 0. The molecule has 0 saturated carbocycles. The van der Waals surface area contributed by atoms with E-state index >= 15 is 0 Å². The van der Waals surface area contributed by atoms with E-state index in [4.69, 9.17) is 16.3 Å². The fraction of sp³-hybridized carbons (Fsp3) is 0.278. The Balaban J connectivity index is 1.82. The number of aryl methyl sites for hydroxylation is 2. The van der Waals surface area contributed by atoms with E-state index in [1.165, 1.54) is 23.8 Å². The van der Waals surface area contributed by atoms with Crippen molar-refractivity contribution in [2.24, 2.45) is 7.05 Å². The van der Waals surface area contributed by atoms with Gasteiger partial charge in [-0.15, -0.1) is 0 Å². The summed E-state index contributed by atoms with van der Waals surface area (Å²) in [5.41, 5.74) is 1.92. The van der Waals surface area contributed by atoms with Crippen LogP contribution in [0.5, 0.6) is 0 Å². The topological polar surface area (TPSA) is 61.9 Å². The number of para-hydroxylation sites is 2. The summed E-state index contributed by atoms with van der Waals surface area (Å²) >= 11 is 6.10. The maximum Gasteiger partial charge on any atom is 0.331 e. The minimum atomic E-state index is -2.80. The summed E-state index contributed by atoms with van der Waals surface area (Å²) in [6.07, 6.45) is 1.70. The highest BCUT2D eigenvalue weighted by Crippen LogP contribution is 2.28. The molecule has 2 heterocycles. The molecule has 0 fully saturated rings. The summed E-state index contributed by atoms with van der Waals surface area (Å²) in [5, 5.41) is 4.52. The molecule has 2 aromatic heterocycles. The van der Waals surface area contributed by atoms with E-state index < -0.39 is 18.6 Å². The van der Waals surface area contributed by atoms with Crippen LogP contribution in [0.1, 0.15) is 36.7 Å². The van der Waals surface area contributed by atoms with E-state index in [9.17, 15) is 13.6 Å². The Labute approximate surface area is 159 Å². The van der Waals surface area contributed by atoms with Crippen LogP contribution in [0.15, 0.2) is 30.3 Å². The molecule has 0 amide bonds. The predicted molar refractivity (Wildman–Crippen MR) is 97.5 cm³/mol. The molecule has 0 aliphatic rings. The van der Waals surface area contributed by atoms with Gasteiger partial charge in [-0.05, 0) is 32.1 Å². The number of ether oxygens (including phenoxy) is 1. The fourth-order valence-corrected chi connectivity index (χ4v) is 3.05. The van der Waals surface area contributed by atoms with Gasteiger partial charge in [-0.1, -0.05) is 23.7 Å². The van der Waals surface area contributed by atoms with Gasteiger partial charge in [0, 0.05) is 18.7 Å². The average Bonchev–Trinajstić information content (AvgIpc) is 3.11. The molecule has 3 rings (SSSR count). The molecule has 0 N–H and O–H groups in total. The standard InChI is InChI=1S/C18H17ClF2N4O2/c1-10-12(16(19)24(3)23-10)8-9-15(26)27-11(2)17-22-13-6-4-5-7-14(13)25(17)18(20)21/h4-9,11,18H,1-3H3/b9-8+. The minimum absolute atomic E-state index is 0.0245. The van der Waals surface area contributed by atoms with Crippen molar-refractivity contribution in [2.75, 3.05) is 0 Å². The lowest BCUT2D eigenvalue weighted by Gasteiger charge is -2.14. The number of carbonyl (C=O) groups excluding carboxylic acids is 1. The number of benzene rings is 1. The van der Waals surface area contributed by atoms with Crippen LogP contribution in [-0.2, 0) is 16.6 Å². The fourth-order valence-electron chi connectivity index (χ4n) is 2.81. The van der Waals surface area contributed by atoms with Gasteiger partial charge < -0.3 is 4.74 Å². The number of halogens is 3. The second-order valence-electron chi connectivity index (χ2n) is 5.93. The van der Waals surface area contributed by atoms with E-state index in [2.05, 4.69) is 10.1 Å². The number of hydrogen-bond acceptors (Lipinski definition) is 4. The second kappa shape index (κ2) is 7.48. The molecule has 1 aromatic carbocycles. The molecule has 0 bridgehead atoms. The lowest BCUT2D eigenvalue weighted by molar-refractivity contribution is -0.143. The minimum Gasteiger partial charge on any atom is -0.451 e. The van der Waals surface area contributed by atoms with E-state index in [-0.39, 0.29) is 11.3 Å². The normalized spacial score (nSPS) is 13.0. The van der Waals surface area contributed by atoms with Crippen molar-refractivity contribution >= 4 is 34.7 Å². The van der Waals surface area contributed by atoms with Crippen LogP contribution >= 0.6 is 11.6 Å². The molecular weight excluding hydrogens is 378 g/mol. The van der Waals surface area contributed by atoms with Gasteiger partial charge in [0.05, 0.1) is 16.7 Å². The van der Waals surface area contributed by atoms with Gasteiger partial charge in [0.2, 0.25) is 0 Å². The number of carbonyl (C=O) groups is 1. The molecule has 0 aliphatic heterocycles. The van der Waals surface area contributed by atoms with Gasteiger partial charge >= 0.3 is 12.5 Å². The van der Waals surface area contributed by atoms with Crippen LogP contribution in [0.3, 0.4) is 0 Å². The van der Waals surface area contributed by atoms with Crippen LogP contribution < -0.4 is 0 Å². The number of imidazole rings is 1. The highest BCUT2D eigenvalue weighted by molar-refractivity contribution is 6.31. The average molecular weight is 395 g/mol. The highest BCUT2D eigenvalue weighted by Gasteiger charge is 2.23. The molecule has 3 aromatic rings. The van der Waals surface area contributed by atoms with Crippen LogP contribution in [0.4, 0.5) is 8.78 Å². The molecule has 6 nitrogen and oxygen atoms in total. The molecule has 0 saturated heterocycles. The molecule has 142 valence electrons. The van der Waals surface area contributed by atoms with E-state index in [1.807, 2.05) is 0 Å². The van der Waals surface area contributed by atoms with Crippen molar-refractivity contribution < 1.29 is 18.3 Å². The number of rotatable bonds is 5. The molecule has 27 heavy (non-hydrogen) atoms. The summed E-state index contributed by atoms with van der Waals surface area (Å²) in [4.78, 5) is 16.3. The quantitative estimate of drug-likeness (QED) is 0.474. The molecular formula is C18H17ClF2N4O2. The van der Waals surface area contributed by atoms with E-state index in [0.717, 1.165) is 4.57 Å². The van der Waals surface area contributed by atoms with Gasteiger partial charge in [0.25, 0.3) is 0 Å². The van der Waals surface area contributed by atoms with Crippen LogP contribution in [0.2, 0.25) is 5.15 Å². The maximum absolute atomic E-state index is 13.5. The summed E-state index contributed by atoms with van der Waals surface area (Å²) in [6, 6.07) is 6.51. The largest absolute Gasteiger partial charge is 0.451 e. The zero-order chi connectivity index (χ0) is 19.7. The molecule has 0 radical (unpaired) electrons. The van der Waals surface area contributed by atoms with Crippen molar-refractivity contribution in [1.29, 1.82) is 0 Å². The van der Waals surface area contributed by atoms with Crippen molar-refractivity contribution in [3.05, 3.63) is 52.6 Å². The molecule has 0 aliphatic carbocycles. The smallest absolute Gasteiger partial charge is 0.331 e. The van der Waals surface area contributed by atoms with E-state index in [0.29, 0.717) is 21.9 Å². The first-order chi connectivity index (χ1) is 12.8. The number of esters is 1. The van der Waals surface area contributed by atoms with Crippen molar-refractivity contribution in [2.45, 2.75) is 26.5 Å². The lowest BCUT2D eigenvalue weighted by atomic mass is 10.2. The van der Waals surface area contributed by atoms with Crippen molar-refractivity contribution in [1.82, 2.24) is 19.3 Å². The zero-order valence-corrected chi connectivity index (χ0v) is 15.6. The Hall–Kier alpha value is -2.74. The van der Waals surface area contributed by atoms with Crippen molar-refractivity contribution in [3.63, 3.8) is 0 Å². The monoisotopic (exact) mass is 394 g/mol. The maximum atomic E-state index is 13.5. The number of aromatic nitrogens is 4. The van der Waals surface area contributed by atoms with Crippen LogP contribution in [0.25, 0.3) is 17.1 Å². The second-order valence-corrected chi connectivity index (χ2v) is 6.29. The summed E-state index contributed by atoms with van der Waals surface area (Å²) in [5.74, 6) is -0.724. The van der Waals surface area contributed by atoms with Gasteiger partial charge in [0.15, 0.2) is 11.9 Å². The van der Waals surface area contributed by atoms with Gasteiger partial charge in [0.1, 0.15) is 5.15 Å². The predicted octanol–water partition coefficient (Wildman–Crippen LogP) is 4.44. The Morgan fingerprint density at radius 1 is 1.33 bits per heavy atom. The van der Waals surface area contributed by atoms with Gasteiger partial charge in [-0.3, -0.25) is 9.25 Å². The summed E-state index contributed by atoms with van der Waals surface area (Å²) in [6.45, 7) is 0.444. The van der Waals surface area contributed by atoms with Gasteiger partial charge in [-0.2, -0.15) is 13.9 Å². The number of fused-ring (bicyclic) bond motifs is 1.